The van der Waals surface area contributed by atoms with E-state index >= 15 is 0 Å². The lowest BCUT2D eigenvalue weighted by Crippen LogP contribution is -2.35. The van der Waals surface area contributed by atoms with E-state index in [0.717, 1.165) is 63.7 Å². The zero-order valence-corrected chi connectivity index (χ0v) is 14.1. The van der Waals surface area contributed by atoms with Gasteiger partial charge in [0.2, 0.25) is 0 Å². The number of hydrogen-bond acceptors (Lipinski definition) is 6. The summed E-state index contributed by atoms with van der Waals surface area (Å²) in [5.74, 6) is 0.108. The molecule has 1 aromatic rings. The number of aliphatic hydroxyl groups excluding tert-OH is 1. The van der Waals surface area contributed by atoms with Crippen LogP contribution in [0.4, 0.5) is 5.13 Å². The molecule has 1 amide bonds. The molecule has 0 radical (unpaired) electrons. The van der Waals surface area contributed by atoms with E-state index in [0.29, 0.717) is 11.4 Å². The van der Waals surface area contributed by atoms with Gasteiger partial charge in [-0.2, -0.15) is 0 Å². The molecule has 126 valence electrons. The summed E-state index contributed by atoms with van der Waals surface area (Å²) in [6.07, 6.45) is 5.42. The van der Waals surface area contributed by atoms with Gasteiger partial charge in [-0.1, -0.05) is 11.3 Å². The molecule has 4 rings (SSSR count). The summed E-state index contributed by atoms with van der Waals surface area (Å²) in [4.78, 5) is 21.9. The summed E-state index contributed by atoms with van der Waals surface area (Å²) in [7, 11) is 0. The van der Waals surface area contributed by atoms with Crippen LogP contribution in [0.15, 0.2) is 6.20 Å². The number of nitrogens with zero attached hydrogens (tertiary/aromatic N) is 3. The number of aliphatic hydroxyl groups is 1. The second-order valence-corrected chi connectivity index (χ2v) is 7.99. The molecule has 1 spiro atoms. The van der Waals surface area contributed by atoms with Gasteiger partial charge in [0, 0.05) is 39.4 Å². The normalized spacial score (nSPS) is 27.1. The molecule has 0 aromatic carbocycles. The average Bonchev–Trinajstić information content (AvgIpc) is 3.27. The number of anilines is 1. The minimum Gasteiger partial charge on any atom is -0.391 e. The van der Waals surface area contributed by atoms with Crippen molar-refractivity contribution in [2.45, 2.75) is 31.8 Å². The maximum absolute atomic E-state index is 12.8. The lowest BCUT2D eigenvalue weighted by atomic mass is 9.80. The fraction of sp³-hybridized carbons (Fsp3) is 0.750. The summed E-state index contributed by atoms with van der Waals surface area (Å²) in [6, 6.07) is 0. The molecule has 6 nitrogen and oxygen atoms in total. The lowest BCUT2D eigenvalue weighted by molar-refractivity contribution is 0.0191. The van der Waals surface area contributed by atoms with Gasteiger partial charge in [0.1, 0.15) is 4.88 Å². The van der Waals surface area contributed by atoms with Gasteiger partial charge in [0.15, 0.2) is 5.13 Å². The summed E-state index contributed by atoms with van der Waals surface area (Å²) < 4.78 is 5.47. The lowest BCUT2D eigenvalue weighted by Gasteiger charge is -2.33. The van der Waals surface area contributed by atoms with E-state index in [1.807, 2.05) is 4.90 Å². The Morgan fingerprint density at radius 2 is 2.17 bits per heavy atom. The van der Waals surface area contributed by atoms with Crippen LogP contribution in [0.2, 0.25) is 0 Å². The Morgan fingerprint density at radius 3 is 2.91 bits per heavy atom. The average molecular weight is 337 g/mol. The maximum atomic E-state index is 12.8. The number of carbonyl (C=O) groups excluding carboxylic acids is 1. The minimum absolute atomic E-state index is 0.108. The quantitative estimate of drug-likeness (QED) is 0.883. The zero-order chi connectivity index (χ0) is 15.9. The smallest absolute Gasteiger partial charge is 0.265 e. The van der Waals surface area contributed by atoms with Gasteiger partial charge >= 0.3 is 0 Å². The summed E-state index contributed by atoms with van der Waals surface area (Å²) in [5.41, 5.74) is 0.278. The number of hydrogen-bond donors (Lipinski definition) is 1. The third-order valence-electron chi connectivity index (χ3n) is 5.42. The number of ether oxygens (including phenoxy) is 1. The highest BCUT2D eigenvalue weighted by Gasteiger charge is 2.41. The highest BCUT2D eigenvalue weighted by Crippen LogP contribution is 2.40. The Kier molecular flexibility index (Phi) is 4.03. The largest absolute Gasteiger partial charge is 0.391 e. The van der Waals surface area contributed by atoms with E-state index in [-0.39, 0.29) is 17.4 Å². The molecule has 0 bridgehead atoms. The number of carbonyl (C=O) groups is 1. The van der Waals surface area contributed by atoms with E-state index in [1.54, 1.807) is 6.20 Å². The van der Waals surface area contributed by atoms with Crippen LogP contribution >= 0.6 is 11.3 Å². The summed E-state index contributed by atoms with van der Waals surface area (Å²) in [6.45, 7) is 4.77. The Hall–Kier alpha value is -1.18. The van der Waals surface area contributed by atoms with Crippen LogP contribution in [0.1, 0.15) is 35.4 Å². The van der Waals surface area contributed by atoms with Gasteiger partial charge in [-0.05, 0) is 31.1 Å². The molecule has 1 aromatic heterocycles. The molecule has 1 N–H and O–H groups in total. The first-order valence-corrected chi connectivity index (χ1v) is 9.23. The third-order valence-corrected chi connectivity index (χ3v) is 6.46. The Labute approximate surface area is 140 Å². The predicted molar refractivity (Wildman–Crippen MR) is 88.0 cm³/mol. The molecule has 0 aliphatic carbocycles. The molecule has 0 unspecified atom stereocenters. The number of β-amino-alcohol motifs (C(OH)–C–C–N with tert-alkyl or cyclic N) is 1. The van der Waals surface area contributed by atoms with Crippen molar-refractivity contribution in [2.24, 2.45) is 5.41 Å². The van der Waals surface area contributed by atoms with Crippen molar-refractivity contribution in [3.05, 3.63) is 11.1 Å². The van der Waals surface area contributed by atoms with Crippen LogP contribution in [-0.4, -0.2) is 66.4 Å². The molecule has 3 aliphatic heterocycles. The van der Waals surface area contributed by atoms with E-state index in [9.17, 15) is 9.90 Å². The maximum Gasteiger partial charge on any atom is 0.265 e. The number of thiazole rings is 1. The fourth-order valence-corrected chi connectivity index (χ4v) is 4.82. The monoisotopic (exact) mass is 337 g/mol. The molecule has 1 atom stereocenters. The Morgan fingerprint density at radius 1 is 1.35 bits per heavy atom. The molecule has 4 heterocycles. The van der Waals surface area contributed by atoms with E-state index in [1.165, 1.54) is 11.3 Å². The number of rotatable bonds is 2. The van der Waals surface area contributed by atoms with Crippen molar-refractivity contribution >= 4 is 22.4 Å². The van der Waals surface area contributed by atoms with Crippen molar-refractivity contribution in [3.63, 3.8) is 0 Å². The van der Waals surface area contributed by atoms with Gasteiger partial charge in [-0.15, -0.1) is 0 Å². The predicted octanol–water partition coefficient (Wildman–Crippen LogP) is 1.36. The Bertz CT molecular complexity index is 585. The molecule has 23 heavy (non-hydrogen) atoms. The third kappa shape index (κ3) is 2.97. The standard InChI is InChI=1S/C16H23N3O3S/c20-12-1-5-18(10-12)15-17-9-13(23-15)14(21)19-6-2-16(11-19)3-7-22-8-4-16/h9,12,20H,1-8,10-11H2/t12-/m0/s1. The molecule has 7 heteroatoms. The highest BCUT2D eigenvalue weighted by atomic mass is 32.1. The first-order valence-electron chi connectivity index (χ1n) is 8.41. The first-order chi connectivity index (χ1) is 11.2. The SMILES string of the molecule is O=C(c1cnc(N2CC[C@H](O)C2)s1)N1CCC2(CCOCC2)C1. The van der Waals surface area contributed by atoms with Crippen molar-refractivity contribution in [3.8, 4) is 0 Å². The van der Waals surface area contributed by atoms with Gasteiger partial charge in [-0.25, -0.2) is 4.98 Å². The van der Waals surface area contributed by atoms with Crippen molar-refractivity contribution in [1.29, 1.82) is 0 Å². The molecule has 3 fully saturated rings. The van der Waals surface area contributed by atoms with E-state index in [4.69, 9.17) is 4.74 Å². The van der Waals surface area contributed by atoms with Crippen molar-refractivity contribution in [2.75, 3.05) is 44.3 Å². The first kappa shape index (κ1) is 15.4. The van der Waals surface area contributed by atoms with Crippen molar-refractivity contribution in [1.82, 2.24) is 9.88 Å². The molecule has 3 saturated heterocycles. The summed E-state index contributed by atoms with van der Waals surface area (Å²) in [5, 5.41) is 10.5. The zero-order valence-electron chi connectivity index (χ0n) is 13.2. The van der Waals surface area contributed by atoms with Crippen LogP contribution < -0.4 is 4.90 Å². The molecular weight excluding hydrogens is 314 g/mol. The van der Waals surface area contributed by atoms with Gasteiger partial charge < -0.3 is 19.6 Å². The Balaban J connectivity index is 1.42. The molecular formula is C16H23N3O3S. The number of aromatic nitrogens is 1. The minimum atomic E-state index is -0.273. The highest BCUT2D eigenvalue weighted by molar-refractivity contribution is 7.17. The fourth-order valence-electron chi connectivity index (χ4n) is 3.90. The van der Waals surface area contributed by atoms with Crippen LogP contribution in [0.3, 0.4) is 0 Å². The second-order valence-electron chi connectivity index (χ2n) is 6.98. The van der Waals surface area contributed by atoms with Gasteiger partial charge in [0.25, 0.3) is 5.91 Å². The topological polar surface area (TPSA) is 65.9 Å². The van der Waals surface area contributed by atoms with Crippen LogP contribution in [0.5, 0.6) is 0 Å². The van der Waals surface area contributed by atoms with Gasteiger partial charge in [0.05, 0.1) is 12.3 Å². The van der Waals surface area contributed by atoms with E-state index < -0.39 is 0 Å². The van der Waals surface area contributed by atoms with Gasteiger partial charge in [-0.3, -0.25) is 4.79 Å². The van der Waals surface area contributed by atoms with Crippen LogP contribution in [0, 0.1) is 5.41 Å². The number of amides is 1. The van der Waals surface area contributed by atoms with Crippen LogP contribution in [0.25, 0.3) is 0 Å². The van der Waals surface area contributed by atoms with Crippen molar-refractivity contribution < 1.29 is 14.6 Å². The number of likely N-dealkylation sites (tertiary alicyclic amines) is 1. The van der Waals surface area contributed by atoms with Crippen LogP contribution in [-0.2, 0) is 4.74 Å². The summed E-state index contributed by atoms with van der Waals surface area (Å²) >= 11 is 1.45. The molecule has 3 aliphatic rings. The second kappa shape index (κ2) is 6.03. The molecule has 0 saturated carbocycles. The van der Waals surface area contributed by atoms with E-state index in [2.05, 4.69) is 9.88 Å².